The van der Waals surface area contributed by atoms with Crippen LogP contribution in [0.3, 0.4) is 0 Å². The van der Waals surface area contributed by atoms with Crippen LogP contribution in [0.2, 0.25) is 0 Å². The molecule has 0 bridgehead atoms. The molecule has 1 heterocycles. The first-order valence-electron chi connectivity index (χ1n) is 11.1. The molecule has 0 saturated carbocycles. The number of hydrogen-bond donors (Lipinski definition) is 0. The second kappa shape index (κ2) is 10.7. The summed E-state index contributed by atoms with van der Waals surface area (Å²) in [6.07, 6.45) is -5.04. The predicted octanol–water partition coefficient (Wildman–Crippen LogP) is 6.27. The fraction of sp³-hybridized carbons (Fsp3) is 0.185. The van der Waals surface area contributed by atoms with Crippen LogP contribution < -0.4 is 24.4 Å². The van der Waals surface area contributed by atoms with Crippen molar-refractivity contribution in [3.63, 3.8) is 0 Å². The highest BCUT2D eigenvalue weighted by Gasteiger charge is 2.40. The minimum Gasteiger partial charge on any atom is -0.497 e. The zero-order valence-corrected chi connectivity index (χ0v) is 19.8. The molecule has 0 aliphatic rings. The predicted molar refractivity (Wildman–Crippen MR) is 128 cm³/mol. The number of carbonyl (C=O) groups is 1. The third-order valence-electron chi connectivity index (χ3n) is 5.22. The van der Waals surface area contributed by atoms with Gasteiger partial charge in [-0.15, -0.1) is 0 Å². The van der Waals surface area contributed by atoms with Gasteiger partial charge in [-0.3, -0.25) is 9.59 Å². The molecule has 4 rings (SSSR count). The van der Waals surface area contributed by atoms with Crippen LogP contribution in [0, 0.1) is 0 Å². The first-order valence-corrected chi connectivity index (χ1v) is 11.1. The molecular weight excluding hydrogens is 493 g/mol. The molecule has 0 aliphatic carbocycles. The van der Waals surface area contributed by atoms with Crippen LogP contribution in [0.5, 0.6) is 28.7 Å². The van der Waals surface area contributed by atoms with E-state index in [1.165, 1.54) is 37.4 Å². The van der Waals surface area contributed by atoms with E-state index in [0.29, 0.717) is 11.3 Å². The molecule has 0 saturated heterocycles. The lowest BCUT2D eigenvalue weighted by atomic mass is 10.1. The van der Waals surface area contributed by atoms with E-state index in [-0.39, 0.29) is 47.2 Å². The van der Waals surface area contributed by atoms with Crippen molar-refractivity contribution in [1.82, 2.24) is 0 Å². The lowest BCUT2D eigenvalue weighted by molar-refractivity contribution is -0.154. The summed E-state index contributed by atoms with van der Waals surface area (Å²) in [4.78, 5) is 25.5. The SMILES string of the molecule is CCOc1ccccc1Oc1c(C(F)(F)F)oc2cc(OCC(=O)c3ccc(OC)cc3)ccc2c1=O. The van der Waals surface area contributed by atoms with Crippen molar-refractivity contribution in [1.29, 1.82) is 0 Å². The van der Waals surface area contributed by atoms with E-state index in [9.17, 15) is 22.8 Å². The van der Waals surface area contributed by atoms with Crippen LogP contribution in [-0.2, 0) is 6.18 Å². The van der Waals surface area contributed by atoms with Gasteiger partial charge in [-0.25, -0.2) is 0 Å². The molecule has 0 aliphatic heterocycles. The van der Waals surface area contributed by atoms with Gasteiger partial charge in [0.2, 0.25) is 11.2 Å². The Kier molecular flexibility index (Phi) is 7.37. The highest BCUT2D eigenvalue weighted by molar-refractivity contribution is 5.97. The Morgan fingerprint density at radius 1 is 0.919 bits per heavy atom. The number of ketones is 1. The van der Waals surface area contributed by atoms with Gasteiger partial charge in [0, 0.05) is 11.6 Å². The second-order valence-corrected chi connectivity index (χ2v) is 7.67. The molecular formula is C27H21F3O7. The van der Waals surface area contributed by atoms with Crippen LogP contribution in [-0.4, -0.2) is 26.1 Å². The van der Waals surface area contributed by atoms with E-state index in [4.69, 9.17) is 23.4 Å². The first-order chi connectivity index (χ1) is 17.7. The number of ether oxygens (including phenoxy) is 4. The van der Waals surface area contributed by atoms with Crippen molar-refractivity contribution in [2.24, 2.45) is 0 Å². The maximum absolute atomic E-state index is 13.9. The summed E-state index contributed by atoms with van der Waals surface area (Å²) < 4.78 is 68.0. The van der Waals surface area contributed by atoms with Crippen molar-refractivity contribution >= 4 is 16.8 Å². The summed E-state index contributed by atoms with van der Waals surface area (Å²) in [6.45, 7) is 1.55. The van der Waals surface area contributed by atoms with Crippen LogP contribution >= 0.6 is 0 Å². The quantitative estimate of drug-likeness (QED) is 0.243. The smallest absolute Gasteiger partial charge is 0.453 e. The fourth-order valence-electron chi connectivity index (χ4n) is 3.45. The van der Waals surface area contributed by atoms with Crippen molar-refractivity contribution < 1.29 is 41.3 Å². The summed E-state index contributed by atoms with van der Waals surface area (Å²) in [7, 11) is 1.50. The summed E-state index contributed by atoms with van der Waals surface area (Å²) >= 11 is 0. The molecule has 192 valence electrons. The minimum absolute atomic E-state index is 0.0426. The van der Waals surface area contributed by atoms with E-state index in [1.54, 1.807) is 37.3 Å². The van der Waals surface area contributed by atoms with E-state index in [0.717, 1.165) is 6.07 Å². The number of rotatable bonds is 9. The summed E-state index contributed by atoms with van der Waals surface area (Å²) in [5, 5.41) is -0.161. The molecule has 7 nitrogen and oxygen atoms in total. The van der Waals surface area contributed by atoms with Crippen molar-refractivity contribution in [2.45, 2.75) is 13.1 Å². The number of halogens is 3. The van der Waals surface area contributed by atoms with Crippen molar-refractivity contribution in [3.05, 3.63) is 88.3 Å². The van der Waals surface area contributed by atoms with Gasteiger partial charge in [0.1, 0.15) is 17.1 Å². The number of benzene rings is 3. The number of methoxy groups -OCH3 is 1. The first kappa shape index (κ1) is 25.6. The average Bonchev–Trinajstić information content (AvgIpc) is 2.89. The number of fused-ring (bicyclic) bond motifs is 1. The summed E-state index contributed by atoms with van der Waals surface area (Å²) in [5.41, 5.74) is -1.04. The number of para-hydroxylation sites is 2. The lowest BCUT2D eigenvalue weighted by Gasteiger charge is -2.15. The molecule has 0 N–H and O–H groups in total. The maximum atomic E-state index is 13.9. The monoisotopic (exact) mass is 514 g/mol. The fourth-order valence-corrected chi connectivity index (χ4v) is 3.45. The number of alkyl halides is 3. The Morgan fingerprint density at radius 3 is 2.24 bits per heavy atom. The molecule has 0 atom stereocenters. The Morgan fingerprint density at radius 2 is 1.59 bits per heavy atom. The Hall–Kier alpha value is -4.47. The highest BCUT2D eigenvalue weighted by atomic mass is 19.4. The van der Waals surface area contributed by atoms with Crippen molar-refractivity contribution in [2.75, 3.05) is 20.3 Å². The molecule has 0 radical (unpaired) electrons. The number of Topliss-reactive ketones (excluding diaryl/α,β-unsaturated/α-hetero) is 1. The van der Waals surface area contributed by atoms with Gasteiger partial charge in [-0.1, -0.05) is 12.1 Å². The lowest BCUT2D eigenvalue weighted by Crippen LogP contribution is -2.16. The van der Waals surface area contributed by atoms with Crippen molar-refractivity contribution in [3.8, 4) is 28.7 Å². The molecule has 0 unspecified atom stereocenters. The number of hydrogen-bond acceptors (Lipinski definition) is 7. The van der Waals surface area contributed by atoms with Gasteiger partial charge in [0.25, 0.3) is 5.76 Å². The minimum atomic E-state index is -5.04. The van der Waals surface area contributed by atoms with E-state index in [2.05, 4.69) is 0 Å². The molecule has 3 aromatic carbocycles. The van der Waals surface area contributed by atoms with Gasteiger partial charge in [-0.2, -0.15) is 13.2 Å². The molecule has 1 aromatic heterocycles. The second-order valence-electron chi connectivity index (χ2n) is 7.67. The largest absolute Gasteiger partial charge is 0.497 e. The van der Waals surface area contributed by atoms with Gasteiger partial charge in [-0.05, 0) is 55.5 Å². The molecule has 10 heteroatoms. The third-order valence-corrected chi connectivity index (χ3v) is 5.22. The van der Waals surface area contributed by atoms with Crippen LogP contribution in [0.25, 0.3) is 11.0 Å². The highest BCUT2D eigenvalue weighted by Crippen LogP contribution is 2.40. The maximum Gasteiger partial charge on any atom is 0.453 e. The molecule has 0 fully saturated rings. The Bertz CT molecular complexity index is 1470. The van der Waals surface area contributed by atoms with Crippen LogP contribution in [0.1, 0.15) is 23.0 Å². The van der Waals surface area contributed by atoms with Gasteiger partial charge in [0.15, 0.2) is 23.9 Å². The average molecular weight is 514 g/mol. The van der Waals surface area contributed by atoms with Crippen LogP contribution in [0.4, 0.5) is 13.2 Å². The van der Waals surface area contributed by atoms with E-state index >= 15 is 0 Å². The van der Waals surface area contributed by atoms with Gasteiger partial charge >= 0.3 is 6.18 Å². The standard InChI is InChI=1S/C27H21F3O7/c1-3-34-21-6-4-5-7-22(21)36-25-24(32)19-13-12-18(14-23(19)37-26(25)27(28,29)30)35-15-20(31)16-8-10-17(33-2)11-9-16/h4-14H,3,15H2,1-2H3. The van der Waals surface area contributed by atoms with E-state index < -0.39 is 23.1 Å². The molecule has 0 spiro atoms. The molecule has 37 heavy (non-hydrogen) atoms. The van der Waals surface area contributed by atoms with Gasteiger partial charge in [0.05, 0.1) is 19.1 Å². The Labute approximate surface area is 208 Å². The third kappa shape index (κ3) is 5.69. The topological polar surface area (TPSA) is 84.2 Å². The Balaban J connectivity index is 1.65. The molecule has 4 aromatic rings. The normalized spacial score (nSPS) is 11.3. The van der Waals surface area contributed by atoms with Gasteiger partial charge < -0.3 is 23.4 Å². The van der Waals surface area contributed by atoms with E-state index in [1.807, 2.05) is 0 Å². The summed E-state index contributed by atoms with van der Waals surface area (Å²) in [5.74, 6) is -2.27. The zero-order chi connectivity index (χ0) is 26.6. The number of carbonyl (C=O) groups excluding carboxylic acids is 1. The zero-order valence-electron chi connectivity index (χ0n) is 19.8. The molecule has 0 amide bonds. The summed E-state index contributed by atoms with van der Waals surface area (Å²) in [6, 6.07) is 16.1. The van der Waals surface area contributed by atoms with Crippen LogP contribution in [0.15, 0.2) is 75.9 Å².